The Kier molecular flexibility index (Phi) is 4.40. The first-order valence-electron chi connectivity index (χ1n) is 6.65. The van der Waals surface area contributed by atoms with E-state index in [0.29, 0.717) is 11.8 Å². The van der Waals surface area contributed by atoms with Crippen LogP contribution in [0.2, 0.25) is 0 Å². The van der Waals surface area contributed by atoms with Crippen LogP contribution >= 0.6 is 0 Å². The van der Waals surface area contributed by atoms with Crippen LogP contribution in [0.3, 0.4) is 0 Å². The third-order valence-electron chi connectivity index (χ3n) is 4.76. The first kappa shape index (κ1) is 13.5. The fraction of sp³-hybridized carbons (Fsp3) is 0.929. The fourth-order valence-electron chi connectivity index (χ4n) is 3.13. The van der Waals surface area contributed by atoms with Gasteiger partial charge in [-0.05, 0) is 43.9 Å². The molecule has 0 amide bonds. The van der Waals surface area contributed by atoms with Crippen molar-refractivity contribution in [2.45, 2.75) is 59.8 Å². The molecule has 1 rings (SSSR count). The summed E-state index contributed by atoms with van der Waals surface area (Å²) in [4.78, 5) is 11.5. The van der Waals surface area contributed by atoms with Crippen LogP contribution in [0.1, 0.15) is 59.8 Å². The molecule has 0 heterocycles. The van der Waals surface area contributed by atoms with Crippen molar-refractivity contribution in [3.05, 3.63) is 0 Å². The molecule has 0 aromatic rings. The molecule has 4 unspecified atom stereocenters. The molecule has 0 radical (unpaired) electrons. The van der Waals surface area contributed by atoms with E-state index in [4.69, 9.17) is 0 Å². The molecule has 1 N–H and O–H groups in total. The lowest BCUT2D eigenvalue weighted by atomic mass is 9.63. The van der Waals surface area contributed by atoms with Crippen LogP contribution < -0.4 is 0 Å². The molecule has 1 aliphatic carbocycles. The highest BCUT2D eigenvalue weighted by atomic mass is 16.4. The van der Waals surface area contributed by atoms with Crippen LogP contribution in [0.4, 0.5) is 0 Å². The summed E-state index contributed by atoms with van der Waals surface area (Å²) in [6.07, 6.45) is 5.15. The number of aliphatic carboxylic acids is 1. The van der Waals surface area contributed by atoms with Crippen LogP contribution in [0, 0.1) is 23.2 Å². The molecule has 1 fully saturated rings. The fourth-order valence-corrected chi connectivity index (χ4v) is 3.13. The van der Waals surface area contributed by atoms with Crippen molar-refractivity contribution >= 4 is 5.97 Å². The lowest BCUT2D eigenvalue weighted by Gasteiger charge is -2.41. The number of carboxylic acids is 1. The van der Waals surface area contributed by atoms with E-state index in [1.807, 2.05) is 6.92 Å². The van der Waals surface area contributed by atoms with E-state index in [0.717, 1.165) is 31.6 Å². The Morgan fingerprint density at radius 3 is 2.38 bits per heavy atom. The van der Waals surface area contributed by atoms with Gasteiger partial charge in [0.05, 0.1) is 5.41 Å². The van der Waals surface area contributed by atoms with E-state index >= 15 is 0 Å². The van der Waals surface area contributed by atoms with E-state index < -0.39 is 11.4 Å². The van der Waals surface area contributed by atoms with Gasteiger partial charge < -0.3 is 5.11 Å². The summed E-state index contributed by atoms with van der Waals surface area (Å²) in [5, 5.41) is 9.47. The maximum atomic E-state index is 11.5. The molecule has 0 aromatic carbocycles. The van der Waals surface area contributed by atoms with Gasteiger partial charge in [-0.3, -0.25) is 4.79 Å². The zero-order valence-electron chi connectivity index (χ0n) is 11.1. The smallest absolute Gasteiger partial charge is 0.309 e. The Balaban J connectivity index is 2.76. The topological polar surface area (TPSA) is 37.3 Å². The lowest BCUT2D eigenvalue weighted by molar-refractivity contribution is -0.153. The van der Waals surface area contributed by atoms with Crippen LogP contribution in [0.5, 0.6) is 0 Å². The molecule has 0 saturated heterocycles. The van der Waals surface area contributed by atoms with Gasteiger partial charge in [0.25, 0.3) is 0 Å². The second-order valence-corrected chi connectivity index (χ2v) is 5.94. The molecule has 16 heavy (non-hydrogen) atoms. The summed E-state index contributed by atoms with van der Waals surface area (Å²) in [7, 11) is 0. The van der Waals surface area contributed by atoms with Gasteiger partial charge in [-0.25, -0.2) is 0 Å². The van der Waals surface area contributed by atoms with E-state index in [1.165, 1.54) is 6.42 Å². The Morgan fingerprint density at radius 1 is 1.31 bits per heavy atom. The second kappa shape index (κ2) is 5.20. The Labute approximate surface area is 99.4 Å². The van der Waals surface area contributed by atoms with Crippen molar-refractivity contribution in [1.29, 1.82) is 0 Å². The van der Waals surface area contributed by atoms with Crippen molar-refractivity contribution in [2.75, 3.05) is 0 Å². The Morgan fingerprint density at radius 2 is 1.94 bits per heavy atom. The lowest BCUT2D eigenvalue weighted by Crippen LogP contribution is -2.39. The highest BCUT2D eigenvalue weighted by Gasteiger charge is 2.43. The summed E-state index contributed by atoms with van der Waals surface area (Å²) < 4.78 is 0. The van der Waals surface area contributed by atoms with E-state index in [9.17, 15) is 9.90 Å². The summed E-state index contributed by atoms with van der Waals surface area (Å²) in [6, 6.07) is 0. The van der Waals surface area contributed by atoms with Gasteiger partial charge in [-0.2, -0.15) is 0 Å². The van der Waals surface area contributed by atoms with Crippen molar-refractivity contribution in [2.24, 2.45) is 23.2 Å². The molecule has 2 heteroatoms. The maximum absolute atomic E-state index is 11.5. The van der Waals surface area contributed by atoms with E-state index in [1.54, 1.807) is 0 Å². The minimum atomic E-state index is -0.596. The summed E-state index contributed by atoms with van der Waals surface area (Å²) in [6.45, 7) is 8.59. The van der Waals surface area contributed by atoms with Gasteiger partial charge >= 0.3 is 5.97 Å². The standard InChI is InChI=1S/C14H26O2/c1-5-8-14(4,13(15)16)12-7-6-10(2)11(3)9-12/h10-12H,5-9H2,1-4H3,(H,15,16). The van der Waals surface area contributed by atoms with Crippen LogP contribution in [-0.4, -0.2) is 11.1 Å². The van der Waals surface area contributed by atoms with Gasteiger partial charge in [0.15, 0.2) is 0 Å². The predicted molar refractivity (Wildman–Crippen MR) is 66.3 cm³/mol. The molecular weight excluding hydrogens is 200 g/mol. The average molecular weight is 226 g/mol. The molecule has 0 spiro atoms. The van der Waals surface area contributed by atoms with Gasteiger partial charge in [0, 0.05) is 0 Å². The number of hydrogen-bond donors (Lipinski definition) is 1. The van der Waals surface area contributed by atoms with Gasteiger partial charge in [-0.1, -0.05) is 33.6 Å². The SMILES string of the molecule is CCCC(C)(C(=O)O)C1CCC(C)C(C)C1. The van der Waals surface area contributed by atoms with Crippen molar-refractivity contribution < 1.29 is 9.90 Å². The van der Waals surface area contributed by atoms with Gasteiger partial charge in [0.1, 0.15) is 0 Å². The van der Waals surface area contributed by atoms with E-state index in [-0.39, 0.29) is 0 Å². The van der Waals surface area contributed by atoms with Crippen molar-refractivity contribution in [3.8, 4) is 0 Å². The number of rotatable bonds is 4. The zero-order chi connectivity index (χ0) is 12.3. The largest absolute Gasteiger partial charge is 0.481 e. The average Bonchev–Trinajstić information content (AvgIpc) is 2.22. The minimum Gasteiger partial charge on any atom is -0.481 e. The van der Waals surface area contributed by atoms with E-state index in [2.05, 4.69) is 20.8 Å². The van der Waals surface area contributed by atoms with Crippen LogP contribution in [0.15, 0.2) is 0 Å². The molecule has 2 nitrogen and oxygen atoms in total. The number of hydrogen-bond acceptors (Lipinski definition) is 1. The molecule has 0 bridgehead atoms. The summed E-state index contributed by atoms with van der Waals surface area (Å²) >= 11 is 0. The molecular formula is C14H26O2. The molecule has 1 aliphatic rings. The molecule has 4 atom stereocenters. The Hall–Kier alpha value is -0.530. The monoisotopic (exact) mass is 226 g/mol. The molecule has 1 saturated carbocycles. The molecule has 0 aliphatic heterocycles. The quantitative estimate of drug-likeness (QED) is 0.788. The Bertz CT molecular complexity index is 249. The maximum Gasteiger partial charge on any atom is 0.309 e. The molecule has 0 aromatic heterocycles. The van der Waals surface area contributed by atoms with Crippen LogP contribution in [0.25, 0.3) is 0 Å². The molecule has 94 valence electrons. The first-order valence-corrected chi connectivity index (χ1v) is 6.65. The number of carbonyl (C=O) groups is 1. The van der Waals surface area contributed by atoms with Crippen molar-refractivity contribution in [1.82, 2.24) is 0 Å². The highest BCUT2D eigenvalue weighted by molar-refractivity contribution is 5.74. The normalized spacial score (nSPS) is 34.4. The third-order valence-corrected chi connectivity index (χ3v) is 4.76. The predicted octanol–water partition coefficient (Wildman–Crippen LogP) is 3.95. The van der Waals surface area contributed by atoms with Crippen molar-refractivity contribution in [3.63, 3.8) is 0 Å². The third kappa shape index (κ3) is 2.58. The number of carboxylic acid groups (broad SMARTS) is 1. The second-order valence-electron chi connectivity index (χ2n) is 5.94. The first-order chi connectivity index (χ1) is 7.41. The summed E-state index contributed by atoms with van der Waals surface area (Å²) in [5.74, 6) is 1.21. The highest BCUT2D eigenvalue weighted by Crippen LogP contribution is 2.45. The van der Waals surface area contributed by atoms with Crippen LogP contribution in [-0.2, 0) is 4.79 Å². The minimum absolute atomic E-state index is 0.371. The van der Waals surface area contributed by atoms with Gasteiger partial charge in [0.2, 0.25) is 0 Å². The zero-order valence-corrected chi connectivity index (χ0v) is 11.1. The summed E-state index contributed by atoms with van der Waals surface area (Å²) in [5.41, 5.74) is -0.497. The van der Waals surface area contributed by atoms with Gasteiger partial charge in [-0.15, -0.1) is 0 Å².